The summed E-state index contributed by atoms with van der Waals surface area (Å²) in [6.45, 7) is 3.28. The molecule has 5 nitrogen and oxygen atoms in total. The maximum atomic E-state index is 11.3. The Morgan fingerprint density at radius 1 is 1.42 bits per heavy atom. The molecule has 1 aromatic carbocycles. The van der Waals surface area contributed by atoms with E-state index in [9.17, 15) is 4.79 Å². The van der Waals surface area contributed by atoms with Gasteiger partial charge in [0.05, 0.1) is 11.6 Å². The first-order chi connectivity index (χ1) is 9.04. The predicted octanol–water partition coefficient (Wildman–Crippen LogP) is 1.48. The summed E-state index contributed by atoms with van der Waals surface area (Å²) in [5.41, 5.74) is 1.73. The van der Waals surface area contributed by atoms with Crippen molar-refractivity contribution in [1.29, 1.82) is 5.26 Å². The third kappa shape index (κ3) is 4.98. The number of carbonyl (C=O) groups excluding carboxylic acids is 1. The topological polar surface area (TPSA) is 68.2 Å². The van der Waals surface area contributed by atoms with Crippen molar-refractivity contribution in [2.45, 2.75) is 13.0 Å². The van der Waals surface area contributed by atoms with E-state index in [1.807, 2.05) is 25.1 Å². The highest BCUT2D eigenvalue weighted by atomic mass is 16.2. The zero-order chi connectivity index (χ0) is 14.3. The van der Waals surface area contributed by atoms with Gasteiger partial charge >= 0.3 is 6.03 Å². The molecule has 0 aliphatic heterocycles. The normalized spacial score (nSPS) is 11.5. The van der Waals surface area contributed by atoms with Crippen LogP contribution < -0.4 is 10.6 Å². The van der Waals surface area contributed by atoms with Gasteiger partial charge in [-0.1, -0.05) is 12.1 Å². The molecule has 0 bridgehead atoms. The van der Waals surface area contributed by atoms with Crippen molar-refractivity contribution >= 4 is 6.03 Å². The largest absolute Gasteiger partial charge is 0.337 e. The van der Waals surface area contributed by atoms with Gasteiger partial charge in [-0.05, 0) is 24.6 Å². The molecule has 1 unspecified atom stereocenters. The first kappa shape index (κ1) is 15.0. The average molecular weight is 260 g/mol. The van der Waals surface area contributed by atoms with Gasteiger partial charge in [0.1, 0.15) is 0 Å². The van der Waals surface area contributed by atoms with Crippen molar-refractivity contribution in [1.82, 2.24) is 15.5 Å². The third-order valence-electron chi connectivity index (χ3n) is 2.77. The van der Waals surface area contributed by atoms with Crippen molar-refractivity contribution < 1.29 is 4.79 Å². The van der Waals surface area contributed by atoms with Crippen molar-refractivity contribution in [3.8, 4) is 6.07 Å². The van der Waals surface area contributed by atoms with Crippen LogP contribution in [0.1, 0.15) is 24.1 Å². The Labute approximate surface area is 114 Å². The van der Waals surface area contributed by atoms with Gasteiger partial charge in [0, 0.05) is 33.2 Å². The fourth-order valence-corrected chi connectivity index (χ4v) is 1.61. The number of nitriles is 1. The lowest BCUT2D eigenvalue weighted by Gasteiger charge is -2.16. The minimum Gasteiger partial charge on any atom is -0.337 e. The predicted molar refractivity (Wildman–Crippen MR) is 74.7 cm³/mol. The standard InChI is InChI=1S/C14H20N4O/c1-11(13-6-4-5-12(9-13)10-15)16-7-8-17-14(19)18(2)3/h4-6,9,11,16H,7-8H2,1-3H3,(H,17,19). The van der Waals surface area contributed by atoms with Crippen molar-refractivity contribution in [3.63, 3.8) is 0 Å². The van der Waals surface area contributed by atoms with Crippen LogP contribution in [0.4, 0.5) is 4.79 Å². The maximum absolute atomic E-state index is 11.3. The van der Waals surface area contributed by atoms with Crippen LogP contribution in [0.25, 0.3) is 0 Å². The highest BCUT2D eigenvalue weighted by molar-refractivity contribution is 5.73. The number of nitrogens with one attached hydrogen (secondary N) is 2. The van der Waals surface area contributed by atoms with Crippen LogP contribution in [0.5, 0.6) is 0 Å². The molecular formula is C14H20N4O. The summed E-state index contributed by atoms with van der Waals surface area (Å²) in [6.07, 6.45) is 0. The summed E-state index contributed by atoms with van der Waals surface area (Å²) in [7, 11) is 3.41. The Bertz CT molecular complexity index is 465. The number of nitrogens with zero attached hydrogens (tertiary/aromatic N) is 2. The van der Waals surface area contributed by atoms with Gasteiger partial charge in [0.25, 0.3) is 0 Å². The summed E-state index contributed by atoms with van der Waals surface area (Å²) in [4.78, 5) is 12.8. The zero-order valence-corrected chi connectivity index (χ0v) is 11.6. The molecule has 1 rings (SSSR count). The molecule has 1 atom stereocenters. The van der Waals surface area contributed by atoms with Crippen LogP contribution in [0.3, 0.4) is 0 Å². The molecule has 2 N–H and O–H groups in total. The molecule has 0 aliphatic rings. The number of rotatable bonds is 5. The van der Waals surface area contributed by atoms with Gasteiger partial charge in [-0.3, -0.25) is 0 Å². The van der Waals surface area contributed by atoms with Crippen LogP contribution in [-0.4, -0.2) is 38.1 Å². The van der Waals surface area contributed by atoms with Gasteiger partial charge in [0.15, 0.2) is 0 Å². The SMILES string of the molecule is CC(NCCNC(=O)N(C)C)c1cccc(C#N)c1. The van der Waals surface area contributed by atoms with Crippen molar-refractivity contribution in [2.24, 2.45) is 0 Å². The number of carbonyl (C=O) groups is 1. The molecule has 5 heteroatoms. The van der Waals surface area contributed by atoms with Crippen LogP contribution in [0, 0.1) is 11.3 Å². The van der Waals surface area contributed by atoms with E-state index in [2.05, 4.69) is 16.7 Å². The fraction of sp³-hybridized carbons (Fsp3) is 0.429. The second-order valence-electron chi connectivity index (χ2n) is 4.54. The molecule has 0 saturated carbocycles. The second-order valence-corrected chi connectivity index (χ2v) is 4.54. The fourth-order valence-electron chi connectivity index (χ4n) is 1.61. The van der Waals surface area contributed by atoms with Crippen molar-refractivity contribution in [2.75, 3.05) is 27.2 Å². The van der Waals surface area contributed by atoms with Gasteiger partial charge in [-0.15, -0.1) is 0 Å². The van der Waals surface area contributed by atoms with Gasteiger partial charge < -0.3 is 15.5 Å². The molecule has 0 radical (unpaired) electrons. The van der Waals surface area contributed by atoms with E-state index in [0.29, 0.717) is 18.7 Å². The maximum Gasteiger partial charge on any atom is 0.316 e. The Morgan fingerprint density at radius 2 is 2.16 bits per heavy atom. The lowest BCUT2D eigenvalue weighted by Crippen LogP contribution is -2.38. The van der Waals surface area contributed by atoms with Crippen LogP contribution in [-0.2, 0) is 0 Å². The smallest absolute Gasteiger partial charge is 0.316 e. The average Bonchev–Trinajstić information content (AvgIpc) is 2.42. The van der Waals surface area contributed by atoms with E-state index in [-0.39, 0.29) is 12.1 Å². The number of hydrogen-bond acceptors (Lipinski definition) is 3. The first-order valence-corrected chi connectivity index (χ1v) is 6.23. The molecule has 0 aliphatic carbocycles. The van der Waals surface area contributed by atoms with E-state index in [4.69, 9.17) is 5.26 Å². The summed E-state index contributed by atoms with van der Waals surface area (Å²) >= 11 is 0. The van der Waals surface area contributed by atoms with Crippen LogP contribution in [0.15, 0.2) is 24.3 Å². The first-order valence-electron chi connectivity index (χ1n) is 6.23. The minimum atomic E-state index is -0.0964. The molecular weight excluding hydrogens is 240 g/mol. The van der Waals surface area contributed by atoms with E-state index in [0.717, 1.165) is 5.56 Å². The number of urea groups is 1. The highest BCUT2D eigenvalue weighted by Crippen LogP contribution is 2.13. The van der Waals surface area contributed by atoms with Crippen LogP contribution in [0.2, 0.25) is 0 Å². The Hall–Kier alpha value is -2.06. The monoisotopic (exact) mass is 260 g/mol. The summed E-state index contributed by atoms with van der Waals surface area (Å²) < 4.78 is 0. The molecule has 1 aromatic rings. The third-order valence-corrected chi connectivity index (χ3v) is 2.77. The van der Waals surface area contributed by atoms with E-state index in [1.165, 1.54) is 4.90 Å². The van der Waals surface area contributed by atoms with Crippen molar-refractivity contribution in [3.05, 3.63) is 35.4 Å². The lowest BCUT2D eigenvalue weighted by molar-refractivity contribution is 0.217. The minimum absolute atomic E-state index is 0.0964. The summed E-state index contributed by atoms with van der Waals surface area (Å²) in [5, 5.41) is 14.9. The highest BCUT2D eigenvalue weighted by Gasteiger charge is 2.06. The Kier molecular flexibility index (Phi) is 5.83. The molecule has 0 heterocycles. The van der Waals surface area contributed by atoms with E-state index < -0.39 is 0 Å². The Balaban J connectivity index is 2.37. The lowest BCUT2D eigenvalue weighted by atomic mass is 10.1. The Morgan fingerprint density at radius 3 is 2.79 bits per heavy atom. The molecule has 2 amide bonds. The number of amides is 2. The number of hydrogen-bond donors (Lipinski definition) is 2. The molecule has 102 valence electrons. The quantitative estimate of drug-likeness (QED) is 0.788. The second kappa shape index (κ2) is 7.39. The zero-order valence-electron chi connectivity index (χ0n) is 11.6. The van der Waals surface area contributed by atoms with Crippen LogP contribution >= 0.6 is 0 Å². The van der Waals surface area contributed by atoms with Gasteiger partial charge in [-0.25, -0.2) is 4.79 Å². The summed E-state index contributed by atoms with van der Waals surface area (Å²) in [6, 6.07) is 9.69. The van der Waals surface area contributed by atoms with E-state index in [1.54, 1.807) is 20.2 Å². The molecule has 0 saturated heterocycles. The molecule has 0 aromatic heterocycles. The molecule has 19 heavy (non-hydrogen) atoms. The van der Waals surface area contributed by atoms with Gasteiger partial charge in [0.2, 0.25) is 0 Å². The number of benzene rings is 1. The molecule has 0 fully saturated rings. The summed E-state index contributed by atoms with van der Waals surface area (Å²) in [5.74, 6) is 0. The molecule has 0 spiro atoms. The van der Waals surface area contributed by atoms with E-state index >= 15 is 0 Å². The van der Waals surface area contributed by atoms with Gasteiger partial charge in [-0.2, -0.15) is 5.26 Å².